The molecular formula is C14H22N2. The molecule has 0 fully saturated rings. The molecule has 0 spiro atoms. The Morgan fingerprint density at radius 2 is 2.19 bits per heavy atom. The first kappa shape index (κ1) is 11.5. The third-order valence-electron chi connectivity index (χ3n) is 3.41. The van der Waals surface area contributed by atoms with E-state index in [0.29, 0.717) is 6.04 Å². The predicted octanol–water partition coefficient (Wildman–Crippen LogP) is 2.29. The summed E-state index contributed by atoms with van der Waals surface area (Å²) in [5.41, 5.74) is 2.94. The molecule has 2 nitrogen and oxygen atoms in total. The largest absolute Gasteiger partial charge is 0.367 e. The summed E-state index contributed by atoms with van der Waals surface area (Å²) in [5, 5.41) is 3.27. The molecule has 0 bridgehead atoms. The molecule has 0 amide bonds. The lowest BCUT2D eigenvalue weighted by Crippen LogP contribution is -2.44. The summed E-state index contributed by atoms with van der Waals surface area (Å²) in [4.78, 5) is 2.54. The lowest BCUT2D eigenvalue weighted by Gasteiger charge is -2.39. The molecule has 1 aliphatic heterocycles. The third kappa shape index (κ3) is 2.22. The highest BCUT2D eigenvalue weighted by atomic mass is 15.2. The van der Waals surface area contributed by atoms with Crippen molar-refractivity contribution in [3.05, 3.63) is 29.8 Å². The maximum atomic E-state index is 3.27. The number of nitrogens with one attached hydrogen (secondary N) is 1. The minimum absolute atomic E-state index is 0.564. The van der Waals surface area contributed by atoms with Crippen molar-refractivity contribution >= 4 is 5.69 Å². The minimum atomic E-state index is 0.564. The normalized spacial score (nSPS) is 21.7. The number of fused-ring (bicyclic) bond motifs is 1. The fraction of sp³-hybridized carbons (Fsp3) is 0.571. The van der Waals surface area contributed by atoms with Crippen molar-refractivity contribution in [2.24, 2.45) is 5.92 Å². The van der Waals surface area contributed by atoms with Crippen molar-refractivity contribution < 1.29 is 0 Å². The van der Waals surface area contributed by atoms with E-state index in [4.69, 9.17) is 0 Å². The summed E-state index contributed by atoms with van der Waals surface area (Å²) in [6.07, 6.45) is 1.22. The zero-order valence-electron chi connectivity index (χ0n) is 10.5. The van der Waals surface area contributed by atoms with Crippen LogP contribution in [0.15, 0.2) is 24.3 Å². The van der Waals surface area contributed by atoms with Gasteiger partial charge in [0.2, 0.25) is 0 Å². The summed E-state index contributed by atoms with van der Waals surface area (Å²) in [5.74, 6) is 0.759. The van der Waals surface area contributed by atoms with Gasteiger partial charge in [-0.15, -0.1) is 0 Å². The highest BCUT2D eigenvalue weighted by molar-refractivity contribution is 5.56. The Kier molecular flexibility index (Phi) is 3.49. The number of likely N-dealkylation sites (N-methyl/N-ethyl adjacent to an activating group) is 1. The first-order chi connectivity index (χ1) is 7.72. The molecule has 1 aromatic rings. The second kappa shape index (κ2) is 4.88. The van der Waals surface area contributed by atoms with E-state index >= 15 is 0 Å². The van der Waals surface area contributed by atoms with Crippen molar-refractivity contribution in [2.45, 2.75) is 26.3 Å². The van der Waals surface area contributed by atoms with Crippen LogP contribution in [0, 0.1) is 5.92 Å². The maximum absolute atomic E-state index is 3.27. The molecule has 88 valence electrons. The molecule has 0 aliphatic carbocycles. The zero-order chi connectivity index (χ0) is 11.5. The van der Waals surface area contributed by atoms with Crippen LogP contribution in [0.2, 0.25) is 0 Å². The standard InChI is InChI=1S/C14H22N2/c1-11-8-13-6-4-5-7-14(13)16(10-11)12(2)9-15-3/h4-7,11-12,15H,8-10H2,1-3H3. The van der Waals surface area contributed by atoms with Crippen LogP contribution in [0.3, 0.4) is 0 Å². The van der Waals surface area contributed by atoms with Gasteiger partial charge >= 0.3 is 0 Å². The van der Waals surface area contributed by atoms with Crippen LogP contribution < -0.4 is 10.2 Å². The minimum Gasteiger partial charge on any atom is -0.367 e. The van der Waals surface area contributed by atoms with Gasteiger partial charge in [-0.2, -0.15) is 0 Å². The Balaban J connectivity index is 2.26. The molecule has 0 radical (unpaired) electrons. The molecule has 1 N–H and O–H groups in total. The van der Waals surface area contributed by atoms with E-state index in [-0.39, 0.29) is 0 Å². The van der Waals surface area contributed by atoms with Gasteiger partial charge in [-0.1, -0.05) is 25.1 Å². The summed E-state index contributed by atoms with van der Waals surface area (Å²) >= 11 is 0. The van der Waals surface area contributed by atoms with Gasteiger partial charge < -0.3 is 10.2 Å². The number of nitrogens with zero attached hydrogens (tertiary/aromatic N) is 1. The topological polar surface area (TPSA) is 15.3 Å². The van der Waals surface area contributed by atoms with Gasteiger partial charge in [0.25, 0.3) is 0 Å². The first-order valence-electron chi connectivity index (χ1n) is 6.21. The first-order valence-corrected chi connectivity index (χ1v) is 6.21. The summed E-state index contributed by atoms with van der Waals surface area (Å²) in [7, 11) is 2.02. The van der Waals surface area contributed by atoms with Gasteiger partial charge in [0, 0.05) is 24.8 Å². The molecular weight excluding hydrogens is 196 g/mol. The van der Waals surface area contributed by atoms with Crippen LogP contribution >= 0.6 is 0 Å². The molecule has 2 unspecified atom stereocenters. The van der Waals surface area contributed by atoms with E-state index in [1.807, 2.05) is 7.05 Å². The Hall–Kier alpha value is -1.02. The van der Waals surface area contributed by atoms with Crippen LogP contribution in [0.25, 0.3) is 0 Å². The Morgan fingerprint density at radius 3 is 2.94 bits per heavy atom. The molecule has 1 aromatic carbocycles. The molecule has 2 rings (SSSR count). The maximum Gasteiger partial charge on any atom is 0.0401 e. The molecule has 0 saturated carbocycles. The summed E-state index contributed by atoms with van der Waals surface area (Å²) < 4.78 is 0. The van der Waals surface area contributed by atoms with Gasteiger partial charge in [0.1, 0.15) is 0 Å². The van der Waals surface area contributed by atoms with Crippen molar-refractivity contribution in [3.63, 3.8) is 0 Å². The van der Waals surface area contributed by atoms with Crippen molar-refractivity contribution in [1.82, 2.24) is 5.32 Å². The number of hydrogen-bond acceptors (Lipinski definition) is 2. The smallest absolute Gasteiger partial charge is 0.0401 e. The van der Waals surface area contributed by atoms with Crippen molar-refractivity contribution in [3.8, 4) is 0 Å². The van der Waals surface area contributed by atoms with E-state index in [0.717, 1.165) is 12.5 Å². The van der Waals surface area contributed by atoms with Crippen LogP contribution in [-0.2, 0) is 6.42 Å². The van der Waals surface area contributed by atoms with Gasteiger partial charge in [-0.3, -0.25) is 0 Å². The molecule has 1 aliphatic rings. The van der Waals surface area contributed by atoms with E-state index in [9.17, 15) is 0 Å². The van der Waals surface area contributed by atoms with E-state index in [1.165, 1.54) is 24.2 Å². The average molecular weight is 218 g/mol. The molecule has 2 heteroatoms. The van der Waals surface area contributed by atoms with Gasteiger partial charge in [0.05, 0.1) is 0 Å². The zero-order valence-corrected chi connectivity index (χ0v) is 10.5. The molecule has 1 heterocycles. The summed E-state index contributed by atoms with van der Waals surface area (Å²) in [6.45, 7) is 6.86. The molecule has 0 saturated heterocycles. The fourth-order valence-corrected chi connectivity index (χ4v) is 2.66. The summed E-state index contributed by atoms with van der Waals surface area (Å²) in [6, 6.07) is 9.39. The predicted molar refractivity (Wildman–Crippen MR) is 70.0 cm³/mol. The Morgan fingerprint density at radius 1 is 1.44 bits per heavy atom. The average Bonchev–Trinajstić information content (AvgIpc) is 2.28. The van der Waals surface area contributed by atoms with E-state index in [2.05, 4.69) is 48.3 Å². The van der Waals surface area contributed by atoms with E-state index < -0.39 is 0 Å². The molecule has 2 atom stereocenters. The highest BCUT2D eigenvalue weighted by Gasteiger charge is 2.24. The highest BCUT2D eigenvalue weighted by Crippen LogP contribution is 2.30. The third-order valence-corrected chi connectivity index (χ3v) is 3.41. The number of benzene rings is 1. The second-order valence-corrected chi connectivity index (χ2v) is 5.00. The van der Waals surface area contributed by atoms with Crippen LogP contribution in [0.4, 0.5) is 5.69 Å². The SMILES string of the molecule is CNCC(C)N1CC(C)Cc2ccccc21. The van der Waals surface area contributed by atoms with Crippen LogP contribution in [0.5, 0.6) is 0 Å². The lowest BCUT2D eigenvalue weighted by molar-refractivity contribution is 0.484. The second-order valence-electron chi connectivity index (χ2n) is 5.00. The molecule has 0 aromatic heterocycles. The van der Waals surface area contributed by atoms with Crippen LogP contribution in [0.1, 0.15) is 19.4 Å². The van der Waals surface area contributed by atoms with Gasteiger partial charge in [0.15, 0.2) is 0 Å². The number of rotatable bonds is 3. The van der Waals surface area contributed by atoms with Gasteiger partial charge in [-0.05, 0) is 37.9 Å². The van der Waals surface area contributed by atoms with E-state index in [1.54, 1.807) is 0 Å². The van der Waals surface area contributed by atoms with Gasteiger partial charge in [-0.25, -0.2) is 0 Å². The van der Waals surface area contributed by atoms with Crippen LogP contribution in [-0.4, -0.2) is 26.2 Å². The fourth-order valence-electron chi connectivity index (χ4n) is 2.66. The number of anilines is 1. The number of hydrogen-bond donors (Lipinski definition) is 1. The monoisotopic (exact) mass is 218 g/mol. The Bertz CT molecular complexity index is 348. The van der Waals surface area contributed by atoms with Crippen molar-refractivity contribution in [1.29, 1.82) is 0 Å². The Labute approximate surface area is 98.7 Å². The quantitative estimate of drug-likeness (QED) is 0.837. The molecule has 16 heavy (non-hydrogen) atoms. The number of para-hydroxylation sites is 1. The lowest BCUT2D eigenvalue weighted by atomic mass is 9.93. The van der Waals surface area contributed by atoms with Crippen molar-refractivity contribution in [2.75, 3.05) is 25.0 Å².